The fourth-order valence-corrected chi connectivity index (χ4v) is 16.1. The topological polar surface area (TPSA) is 29.5 Å². The summed E-state index contributed by atoms with van der Waals surface area (Å²) in [5, 5.41) is 4.78. The third-order valence-corrected chi connectivity index (χ3v) is 19.7. The van der Waals surface area contributed by atoms with Crippen molar-refractivity contribution in [2.45, 2.75) is 77.0 Å². The van der Waals surface area contributed by atoms with Crippen LogP contribution in [-0.4, -0.2) is 0 Å². The molecular weight excluding hydrogens is 983 g/mol. The van der Waals surface area contributed by atoms with Crippen molar-refractivity contribution in [2.75, 3.05) is 4.90 Å². The Morgan fingerprint density at radius 2 is 0.691 bits per heavy atom. The van der Waals surface area contributed by atoms with Crippen LogP contribution in [0, 0.1) is 0 Å². The van der Waals surface area contributed by atoms with Crippen LogP contribution in [0.5, 0.6) is 0 Å². The van der Waals surface area contributed by atoms with Crippen LogP contribution in [0.1, 0.15) is 99.9 Å². The Morgan fingerprint density at radius 1 is 0.296 bits per heavy atom. The van der Waals surface area contributed by atoms with E-state index in [0.717, 1.165) is 50.5 Å². The first-order chi connectivity index (χ1) is 39.2. The number of furan rings is 2. The molecule has 0 atom stereocenters. The molecule has 11 aromatic carbocycles. The molecule has 3 nitrogen and oxygen atoms in total. The predicted molar refractivity (Wildman–Crippen MR) is 337 cm³/mol. The lowest BCUT2D eigenvalue weighted by Crippen LogP contribution is -2.24. The molecule has 0 spiro atoms. The Bertz CT molecular complexity index is 4670. The van der Waals surface area contributed by atoms with Gasteiger partial charge in [0.25, 0.3) is 0 Å². The van der Waals surface area contributed by atoms with E-state index in [1.807, 2.05) is 0 Å². The van der Waals surface area contributed by atoms with E-state index in [1.54, 1.807) is 0 Å². The van der Waals surface area contributed by atoms with Crippen molar-refractivity contribution in [3.05, 3.63) is 257 Å². The molecule has 3 heteroatoms. The summed E-state index contributed by atoms with van der Waals surface area (Å²) in [6, 6.07) is 78.9. The van der Waals surface area contributed by atoms with Crippen LogP contribution in [0.15, 0.2) is 221 Å². The summed E-state index contributed by atoms with van der Waals surface area (Å²) in [6.45, 7) is 19.6. The quantitative estimate of drug-likeness (QED) is 0.172. The Kier molecular flexibility index (Phi) is 9.11. The molecule has 0 unspecified atom stereocenters. The summed E-state index contributed by atoms with van der Waals surface area (Å²) in [5.41, 5.74) is 31.6. The van der Waals surface area contributed by atoms with E-state index in [0.29, 0.717) is 0 Å². The Morgan fingerprint density at radius 3 is 1.19 bits per heavy atom. The van der Waals surface area contributed by atoms with Gasteiger partial charge in [0.15, 0.2) is 0 Å². The van der Waals surface area contributed by atoms with Gasteiger partial charge in [0, 0.05) is 71.3 Å². The van der Waals surface area contributed by atoms with Gasteiger partial charge in [0.1, 0.15) is 22.3 Å². The fourth-order valence-electron chi connectivity index (χ4n) is 16.1. The van der Waals surface area contributed by atoms with Crippen LogP contribution >= 0.6 is 0 Å². The van der Waals surface area contributed by atoms with Crippen LogP contribution in [0.2, 0.25) is 0 Å². The average Bonchev–Trinajstić information content (AvgIpc) is 3.21. The van der Waals surface area contributed by atoms with Gasteiger partial charge in [-0.3, -0.25) is 0 Å². The van der Waals surface area contributed by atoms with E-state index >= 15 is 0 Å². The molecule has 0 fully saturated rings. The second-order valence-electron chi connectivity index (χ2n) is 25.5. The molecule has 4 aliphatic carbocycles. The Labute approximate surface area is 472 Å². The molecule has 0 amide bonds. The normalized spacial score (nSPS) is 15.8. The number of benzene rings is 11. The molecule has 17 rings (SSSR count). The van der Waals surface area contributed by atoms with E-state index in [9.17, 15) is 0 Å². The lowest BCUT2D eigenvalue weighted by atomic mass is 9.72. The molecule has 2 heterocycles. The number of hydrogen-bond acceptors (Lipinski definition) is 3. The van der Waals surface area contributed by atoms with E-state index in [1.165, 1.54) is 122 Å². The zero-order valence-electron chi connectivity index (χ0n) is 47.0. The van der Waals surface area contributed by atoms with Gasteiger partial charge in [-0.2, -0.15) is 0 Å². The largest absolute Gasteiger partial charge is 0.455 e. The first-order valence-electron chi connectivity index (χ1n) is 28.8. The molecule has 81 heavy (non-hydrogen) atoms. The highest BCUT2D eigenvalue weighted by Gasteiger charge is 2.51. The van der Waals surface area contributed by atoms with E-state index in [2.05, 4.69) is 273 Å². The number of fused-ring (bicyclic) bond motifs is 24. The van der Waals surface area contributed by atoms with Crippen molar-refractivity contribution < 1.29 is 8.83 Å². The fraction of sp³-hybridized carbons (Fsp3) is 0.154. The summed E-state index contributed by atoms with van der Waals surface area (Å²) in [5.74, 6) is 0. The Hall–Kier alpha value is -9.18. The van der Waals surface area contributed by atoms with E-state index in [-0.39, 0.29) is 10.8 Å². The molecule has 388 valence electrons. The minimum Gasteiger partial charge on any atom is -0.455 e. The zero-order valence-corrected chi connectivity index (χ0v) is 47.0. The molecule has 0 aliphatic heterocycles. The maximum Gasteiger partial charge on any atom is 0.144 e. The number of hydrogen-bond donors (Lipinski definition) is 0. The number of nitrogens with zero attached hydrogens (tertiary/aromatic N) is 1. The van der Waals surface area contributed by atoms with Crippen molar-refractivity contribution in [3.63, 3.8) is 0 Å². The van der Waals surface area contributed by atoms with Gasteiger partial charge in [-0.15, -0.1) is 0 Å². The Balaban J connectivity index is 0.930. The lowest BCUT2D eigenvalue weighted by molar-refractivity contribution is 0.600. The third-order valence-electron chi connectivity index (χ3n) is 19.7. The van der Waals surface area contributed by atoms with Gasteiger partial charge in [0.2, 0.25) is 0 Å². The van der Waals surface area contributed by atoms with Gasteiger partial charge in [-0.25, -0.2) is 0 Å². The minimum absolute atomic E-state index is 0.247. The van der Waals surface area contributed by atoms with Crippen LogP contribution in [0.3, 0.4) is 0 Å². The first-order valence-corrected chi connectivity index (χ1v) is 28.8. The SMILES string of the molecule is CC1(C)c2cc(N(c3ccc4c(c3)C(C)(C)c3c5c(c6c(oc7ccccc76)c3-4)-c3ccccc3C5(C)C)c3ccc(-c4ccccc4)cc3-c3ccccc3)ccc2-c2c1c1c(c3c2oc2ccccc23)-c2ccccc2C1(C)C. The summed E-state index contributed by atoms with van der Waals surface area (Å²) in [4.78, 5) is 2.55. The summed E-state index contributed by atoms with van der Waals surface area (Å²) in [7, 11) is 0. The summed E-state index contributed by atoms with van der Waals surface area (Å²) >= 11 is 0. The van der Waals surface area contributed by atoms with Crippen LogP contribution in [0.4, 0.5) is 17.1 Å². The molecule has 2 aromatic heterocycles. The van der Waals surface area contributed by atoms with Crippen molar-refractivity contribution in [1.29, 1.82) is 0 Å². The van der Waals surface area contributed by atoms with E-state index in [4.69, 9.17) is 8.83 Å². The summed E-state index contributed by atoms with van der Waals surface area (Å²) < 4.78 is 14.3. The zero-order chi connectivity index (χ0) is 54.6. The van der Waals surface area contributed by atoms with Crippen molar-refractivity contribution in [3.8, 4) is 66.8 Å². The maximum absolute atomic E-state index is 7.16. The molecule has 0 radical (unpaired) electrons. The van der Waals surface area contributed by atoms with Crippen LogP contribution in [-0.2, 0) is 21.7 Å². The molecule has 0 bridgehead atoms. The first kappa shape index (κ1) is 46.7. The van der Waals surface area contributed by atoms with Crippen LogP contribution < -0.4 is 4.90 Å². The van der Waals surface area contributed by atoms with Gasteiger partial charge in [0.05, 0.1) is 5.69 Å². The van der Waals surface area contributed by atoms with Gasteiger partial charge in [-0.05, 0) is 143 Å². The molecule has 13 aromatic rings. The van der Waals surface area contributed by atoms with E-state index < -0.39 is 10.8 Å². The maximum atomic E-state index is 7.16. The van der Waals surface area contributed by atoms with Gasteiger partial charge in [-0.1, -0.05) is 219 Å². The van der Waals surface area contributed by atoms with Gasteiger partial charge < -0.3 is 13.7 Å². The highest BCUT2D eigenvalue weighted by atomic mass is 16.3. The predicted octanol–water partition coefficient (Wildman–Crippen LogP) is 21.5. The number of anilines is 3. The third kappa shape index (κ3) is 5.93. The van der Waals surface area contributed by atoms with Crippen LogP contribution in [0.25, 0.3) is 111 Å². The second-order valence-corrected chi connectivity index (χ2v) is 25.5. The highest BCUT2D eigenvalue weighted by Crippen LogP contribution is 2.66. The monoisotopic (exact) mass is 1040 g/mol. The van der Waals surface area contributed by atoms with Crippen molar-refractivity contribution in [1.82, 2.24) is 0 Å². The molecular formula is C78H59NO2. The van der Waals surface area contributed by atoms with Gasteiger partial charge >= 0.3 is 0 Å². The minimum atomic E-state index is -0.396. The molecule has 0 saturated heterocycles. The lowest BCUT2D eigenvalue weighted by Gasteiger charge is -2.33. The highest BCUT2D eigenvalue weighted by molar-refractivity contribution is 6.22. The van der Waals surface area contributed by atoms with Crippen molar-refractivity contribution >= 4 is 60.9 Å². The molecule has 0 N–H and O–H groups in total. The number of para-hydroxylation sites is 2. The standard InChI is InChI=1S/C78H59NO2/c1-75(2)56-31-19-15-27-49(56)63-65-53-29-17-21-33-61(53)80-73(65)67-51-38-36-47(42-58(51)77(5,6)71(67)69(63)75)79(60-40-35-46(44-23-11-9-12-24-44)41-55(60)45-25-13-10-14-26-45)48-37-39-52-59(43-48)78(7,8)72-68(52)74-66(54-30-18-22-34-62(54)81-74)64-50-28-16-20-32-57(50)76(3,4)70(64)72/h9-43H,1-8H3. The smallest absolute Gasteiger partial charge is 0.144 e. The molecule has 4 aliphatic rings. The van der Waals surface area contributed by atoms with Crippen molar-refractivity contribution in [2.24, 2.45) is 0 Å². The second kappa shape index (κ2) is 15.8. The molecule has 0 saturated carbocycles. The summed E-state index contributed by atoms with van der Waals surface area (Å²) in [6.07, 6.45) is 0. The number of rotatable bonds is 5. The average molecular weight is 1040 g/mol.